The first kappa shape index (κ1) is 25.3. The van der Waals surface area contributed by atoms with Crippen LogP contribution in [0.2, 0.25) is 0 Å². The zero-order chi connectivity index (χ0) is 25.8. The molecule has 0 amide bonds. The summed E-state index contributed by atoms with van der Waals surface area (Å²) in [6.45, 7) is 13.4. The molecule has 0 aromatic heterocycles. The number of aliphatic hydroxyl groups excluding tert-OH is 1. The molecule has 3 N–H and O–H groups in total. The van der Waals surface area contributed by atoms with E-state index >= 15 is 0 Å². The lowest BCUT2D eigenvalue weighted by molar-refractivity contribution is -0.216. The first-order valence-corrected chi connectivity index (χ1v) is 14.1. The van der Waals surface area contributed by atoms with Crippen LogP contribution >= 0.6 is 0 Å². The van der Waals surface area contributed by atoms with E-state index in [1.807, 2.05) is 0 Å². The standard InChI is InChI=1S/C30H46O5/c1-17-9-14-29(24(32)33)15-16-30(25(34)35)19(23(29)18(17)2)7-8-21-27(5)12-11-22(31)26(3,4)20(27)10-13-28(21,30)6/h7,17-18,20-23,31H,8-16H2,1-6H3,(H,32,33)(H,34,35)/t17-,18+,20+,21+,22-,23+,27+,28-,29-,30+/m0/s1. The summed E-state index contributed by atoms with van der Waals surface area (Å²) in [7, 11) is 0. The minimum Gasteiger partial charge on any atom is -0.481 e. The maximum Gasteiger partial charge on any atom is 0.314 e. The van der Waals surface area contributed by atoms with E-state index in [-0.39, 0.29) is 34.7 Å². The molecule has 5 nitrogen and oxygen atoms in total. The van der Waals surface area contributed by atoms with Gasteiger partial charge < -0.3 is 15.3 Å². The van der Waals surface area contributed by atoms with Gasteiger partial charge in [-0.2, -0.15) is 0 Å². The van der Waals surface area contributed by atoms with Crippen LogP contribution in [0.25, 0.3) is 0 Å². The van der Waals surface area contributed by atoms with Gasteiger partial charge in [0.05, 0.1) is 16.9 Å². The van der Waals surface area contributed by atoms with Crippen molar-refractivity contribution >= 4 is 11.9 Å². The van der Waals surface area contributed by atoms with E-state index in [0.717, 1.165) is 44.1 Å². The first-order valence-electron chi connectivity index (χ1n) is 14.1. The van der Waals surface area contributed by atoms with Crippen LogP contribution in [0.3, 0.4) is 0 Å². The highest BCUT2D eigenvalue weighted by Gasteiger charge is 2.73. The Kier molecular flexibility index (Phi) is 5.48. The number of carboxylic acids is 2. The fourth-order valence-electron chi connectivity index (χ4n) is 11.0. The molecule has 0 saturated heterocycles. The fraction of sp³-hybridized carbons (Fsp3) is 0.867. The van der Waals surface area contributed by atoms with Crippen LogP contribution in [0.1, 0.15) is 99.3 Å². The van der Waals surface area contributed by atoms with Gasteiger partial charge in [0.15, 0.2) is 0 Å². The number of fused-ring (bicyclic) bond motifs is 7. The van der Waals surface area contributed by atoms with Crippen molar-refractivity contribution in [3.63, 3.8) is 0 Å². The molecule has 0 bridgehead atoms. The zero-order valence-corrected chi connectivity index (χ0v) is 22.6. The third kappa shape index (κ3) is 2.85. The van der Waals surface area contributed by atoms with Crippen molar-refractivity contribution < 1.29 is 24.9 Å². The molecule has 4 fully saturated rings. The molecule has 0 spiro atoms. The van der Waals surface area contributed by atoms with E-state index in [9.17, 15) is 24.9 Å². The van der Waals surface area contributed by atoms with Crippen molar-refractivity contribution in [3.05, 3.63) is 11.6 Å². The van der Waals surface area contributed by atoms with Gasteiger partial charge in [-0.1, -0.05) is 53.2 Å². The smallest absolute Gasteiger partial charge is 0.314 e. The van der Waals surface area contributed by atoms with E-state index in [0.29, 0.717) is 31.1 Å². The monoisotopic (exact) mass is 486 g/mol. The molecule has 0 heterocycles. The molecule has 5 aliphatic carbocycles. The largest absolute Gasteiger partial charge is 0.481 e. The molecule has 35 heavy (non-hydrogen) atoms. The Morgan fingerprint density at radius 3 is 2.17 bits per heavy atom. The number of allylic oxidation sites excluding steroid dienone is 1. The molecule has 10 atom stereocenters. The van der Waals surface area contributed by atoms with Crippen LogP contribution in [0.5, 0.6) is 0 Å². The lowest BCUT2D eigenvalue weighted by Crippen LogP contribution is -2.67. The van der Waals surface area contributed by atoms with Crippen LogP contribution in [0.15, 0.2) is 11.6 Å². The van der Waals surface area contributed by atoms with E-state index in [1.165, 1.54) is 0 Å². The second-order valence-electron chi connectivity index (χ2n) is 14.4. The minimum absolute atomic E-state index is 0.0347. The van der Waals surface area contributed by atoms with Crippen molar-refractivity contribution in [2.24, 2.45) is 56.7 Å². The van der Waals surface area contributed by atoms with Gasteiger partial charge in [0, 0.05) is 0 Å². The highest BCUT2D eigenvalue weighted by molar-refractivity contribution is 5.84. The van der Waals surface area contributed by atoms with E-state index in [1.54, 1.807) is 0 Å². The number of aliphatic carboxylic acids is 2. The Morgan fingerprint density at radius 2 is 1.54 bits per heavy atom. The Morgan fingerprint density at radius 1 is 0.857 bits per heavy atom. The summed E-state index contributed by atoms with van der Waals surface area (Å²) < 4.78 is 0. The van der Waals surface area contributed by atoms with Crippen molar-refractivity contribution in [1.29, 1.82) is 0 Å². The fourth-order valence-corrected chi connectivity index (χ4v) is 11.0. The predicted octanol–water partition coefficient (Wildman–Crippen LogP) is 6.15. The van der Waals surface area contributed by atoms with E-state index in [4.69, 9.17) is 0 Å². The topological polar surface area (TPSA) is 94.8 Å². The number of aliphatic hydroxyl groups is 1. The van der Waals surface area contributed by atoms with Crippen LogP contribution in [-0.4, -0.2) is 33.4 Å². The highest BCUT2D eigenvalue weighted by atomic mass is 16.4. The maximum atomic E-state index is 13.5. The summed E-state index contributed by atoms with van der Waals surface area (Å²) in [6.07, 6.45) is 8.62. The molecule has 0 aliphatic heterocycles. The maximum absolute atomic E-state index is 13.5. The van der Waals surface area contributed by atoms with E-state index < -0.39 is 28.2 Å². The number of hydrogen-bond acceptors (Lipinski definition) is 3. The Labute approximate surface area is 210 Å². The number of carboxylic acid groups (broad SMARTS) is 2. The lowest BCUT2D eigenvalue weighted by Gasteiger charge is -2.70. The van der Waals surface area contributed by atoms with Crippen molar-refractivity contribution in [2.45, 2.75) is 105 Å². The second-order valence-corrected chi connectivity index (χ2v) is 14.4. The summed E-state index contributed by atoms with van der Waals surface area (Å²) in [5.74, 6) is -0.563. The van der Waals surface area contributed by atoms with Crippen LogP contribution < -0.4 is 0 Å². The second kappa shape index (κ2) is 7.58. The minimum atomic E-state index is -1.00. The predicted molar refractivity (Wildman–Crippen MR) is 135 cm³/mol. The zero-order valence-electron chi connectivity index (χ0n) is 22.6. The molecule has 196 valence electrons. The summed E-state index contributed by atoms with van der Waals surface area (Å²) in [6, 6.07) is 0. The molecular formula is C30H46O5. The molecule has 5 heteroatoms. The van der Waals surface area contributed by atoms with Crippen molar-refractivity contribution in [1.82, 2.24) is 0 Å². The van der Waals surface area contributed by atoms with Gasteiger partial charge in [0.1, 0.15) is 0 Å². The third-order valence-electron chi connectivity index (χ3n) is 13.2. The molecule has 5 aliphatic rings. The molecule has 0 radical (unpaired) electrons. The van der Waals surface area contributed by atoms with Gasteiger partial charge in [0.25, 0.3) is 0 Å². The van der Waals surface area contributed by atoms with Crippen LogP contribution in [-0.2, 0) is 9.59 Å². The number of hydrogen-bond donors (Lipinski definition) is 3. The summed E-state index contributed by atoms with van der Waals surface area (Å²) in [5, 5.41) is 32.5. The van der Waals surface area contributed by atoms with Gasteiger partial charge in [-0.3, -0.25) is 9.59 Å². The Hall–Kier alpha value is -1.36. The normalized spacial score (nSPS) is 52.7. The van der Waals surface area contributed by atoms with Gasteiger partial charge in [-0.05, 0) is 104 Å². The lowest BCUT2D eigenvalue weighted by atomic mass is 9.33. The molecule has 4 saturated carbocycles. The average Bonchev–Trinajstić information content (AvgIpc) is 2.78. The van der Waals surface area contributed by atoms with Gasteiger partial charge in [0.2, 0.25) is 0 Å². The van der Waals surface area contributed by atoms with Crippen molar-refractivity contribution in [2.75, 3.05) is 0 Å². The number of carbonyl (C=O) groups is 2. The quantitative estimate of drug-likeness (QED) is 0.407. The number of rotatable bonds is 2. The Balaban J connectivity index is 1.68. The Bertz CT molecular complexity index is 968. The van der Waals surface area contributed by atoms with Gasteiger partial charge in [-0.25, -0.2) is 0 Å². The van der Waals surface area contributed by atoms with Crippen molar-refractivity contribution in [3.8, 4) is 0 Å². The first-order chi connectivity index (χ1) is 16.2. The highest BCUT2D eigenvalue weighted by Crippen LogP contribution is 2.75. The molecule has 0 unspecified atom stereocenters. The van der Waals surface area contributed by atoms with Crippen LogP contribution in [0.4, 0.5) is 0 Å². The molecule has 0 aromatic carbocycles. The third-order valence-corrected chi connectivity index (χ3v) is 13.2. The summed E-state index contributed by atoms with van der Waals surface area (Å²) >= 11 is 0. The molecule has 0 aromatic rings. The average molecular weight is 487 g/mol. The van der Waals surface area contributed by atoms with E-state index in [2.05, 4.69) is 47.6 Å². The molecular weight excluding hydrogens is 440 g/mol. The SMILES string of the molecule is C[C@@H]1[C@@H](C)CC[C@]2(C(=O)O)CC[C@]3(C(=O)O)C(=CC[C@@H]4[C@]5(C)CC[C@H](O)C(C)(C)[C@H]5CC[C@@]43C)[C@@H]12. The van der Waals surface area contributed by atoms with Crippen LogP contribution in [0, 0.1) is 56.7 Å². The summed E-state index contributed by atoms with van der Waals surface area (Å²) in [4.78, 5) is 26.3. The van der Waals surface area contributed by atoms with Gasteiger partial charge >= 0.3 is 11.9 Å². The molecule has 5 rings (SSSR count). The van der Waals surface area contributed by atoms with Gasteiger partial charge in [-0.15, -0.1) is 0 Å². The summed E-state index contributed by atoms with van der Waals surface area (Å²) in [5.41, 5.74) is -1.53.